The van der Waals surface area contributed by atoms with Crippen LogP contribution in [0.3, 0.4) is 0 Å². The molecule has 25 heavy (non-hydrogen) atoms. The van der Waals surface area contributed by atoms with Crippen LogP contribution in [0.5, 0.6) is 0 Å². The lowest BCUT2D eigenvalue weighted by Gasteiger charge is -2.18. The molecule has 1 aliphatic rings. The molecule has 0 aliphatic heterocycles. The van der Waals surface area contributed by atoms with Gasteiger partial charge in [0.1, 0.15) is 11.0 Å². The molecule has 2 heterocycles. The van der Waals surface area contributed by atoms with E-state index in [9.17, 15) is 5.11 Å². The molecule has 1 aliphatic carbocycles. The predicted octanol–water partition coefficient (Wildman–Crippen LogP) is 2.05. The zero-order valence-electron chi connectivity index (χ0n) is 14.9. The number of aliphatic hydroxyl groups is 1. The van der Waals surface area contributed by atoms with Crippen LogP contribution < -0.4 is 15.5 Å². The fourth-order valence-corrected chi connectivity index (χ4v) is 2.89. The largest absolute Gasteiger partial charge is 0.391 e. The predicted molar refractivity (Wildman–Crippen MR) is 103 cm³/mol. The molecule has 8 nitrogen and oxygen atoms in total. The van der Waals surface area contributed by atoms with Crippen molar-refractivity contribution in [3.05, 3.63) is 6.20 Å². The number of aromatic nitrogens is 4. The maximum Gasteiger partial charge on any atom is 0.225 e. The quantitative estimate of drug-likeness (QED) is 0.713. The van der Waals surface area contributed by atoms with Crippen molar-refractivity contribution < 1.29 is 5.11 Å². The molecule has 0 unspecified atom stereocenters. The smallest absolute Gasteiger partial charge is 0.225 e. The Balaban J connectivity index is 0.00000225. The van der Waals surface area contributed by atoms with Crippen molar-refractivity contribution in [2.24, 2.45) is 0 Å². The Kier molecular flexibility index (Phi) is 6.55. The van der Waals surface area contributed by atoms with E-state index in [4.69, 9.17) is 0 Å². The first-order valence-electron chi connectivity index (χ1n) is 8.49. The summed E-state index contributed by atoms with van der Waals surface area (Å²) in [5.74, 6) is 1.84. The van der Waals surface area contributed by atoms with Crippen LogP contribution in [0, 0.1) is 0 Å². The average molecular weight is 368 g/mol. The van der Waals surface area contributed by atoms with E-state index in [1.807, 2.05) is 19.0 Å². The van der Waals surface area contributed by atoms with E-state index >= 15 is 0 Å². The molecule has 0 spiro atoms. The Morgan fingerprint density at radius 3 is 2.64 bits per heavy atom. The van der Waals surface area contributed by atoms with Gasteiger partial charge in [0.15, 0.2) is 5.82 Å². The maximum atomic E-state index is 9.97. The van der Waals surface area contributed by atoms with E-state index in [1.165, 1.54) is 0 Å². The Morgan fingerprint density at radius 2 is 2.00 bits per heavy atom. The molecule has 9 heteroatoms. The van der Waals surface area contributed by atoms with Crippen LogP contribution in [-0.4, -0.2) is 57.8 Å². The van der Waals surface area contributed by atoms with Crippen LogP contribution in [0.2, 0.25) is 0 Å². The van der Waals surface area contributed by atoms with Gasteiger partial charge in [-0.2, -0.15) is 4.98 Å². The number of nitrogens with zero attached hydrogens (tertiary/aromatic N) is 5. The average Bonchev–Trinajstić information content (AvgIpc) is 2.97. The summed E-state index contributed by atoms with van der Waals surface area (Å²) in [6.07, 6.45) is 5.14. The lowest BCUT2D eigenvalue weighted by Crippen LogP contribution is -2.28. The second-order valence-corrected chi connectivity index (χ2v) is 6.37. The second kappa shape index (κ2) is 8.44. The van der Waals surface area contributed by atoms with Crippen molar-refractivity contribution in [3.8, 4) is 0 Å². The highest BCUT2D eigenvalue weighted by Crippen LogP contribution is 2.25. The van der Waals surface area contributed by atoms with Crippen molar-refractivity contribution in [1.82, 2.24) is 19.9 Å². The molecule has 0 bridgehead atoms. The van der Waals surface area contributed by atoms with Gasteiger partial charge in [0.05, 0.1) is 18.3 Å². The van der Waals surface area contributed by atoms with E-state index in [-0.39, 0.29) is 24.6 Å². The minimum absolute atomic E-state index is 0. The van der Waals surface area contributed by atoms with Gasteiger partial charge in [-0.25, -0.2) is 15.0 Å². The number of hydrogen-bond donors (Lipinski definition) is 3. The summed E-state index contributed by atoms with van der Waals surface area (Å²) in [5, 5.41) is 16.4. The zero-order chi connectivity index (χ0) is 17.1. The van der Waals surface area contributed by atoms with Gasteiger partial charge in [-0.05, 0) is 25.7 Å². The number of fused-ring (bicyclic) bond motifs is 1. The second-order valence-electron chi connectivity index (χ2n) is 6.37. The van der Waals surface area contributed by atoms with Crippen molar-refractivity contribution in [1.29, 1.82) is 0 Å². The van der Waals surface area contributed by atoms with Gasteiger partial charge < -0.3 is 20.6 Å². The van der Waals surface area contributed by atoms with Crippen molar-refractivity contribution >= 4 is 41.2 Å². The summed E-state index contributed by atoms with van der Waals surface area (Å²) in [5.41, 5.74) is 1.40. The molecular weight excluding hydrogens is 342 g/mol. The molecule has 0 amide bonds. The molecular formula is C16H26ClN7O. The zero-order valence-corrected chi connectivity index (χ0v) is 15.7. The highest BCUT2D eigenvalue weighted by Gasteiger charge is 2.26. The van der Waals surface area contributed by atoms with Crippen LogP contribution in [0.25, 0.3) is 11.0 Å². The summed E-state index contributed by atoms with van der Waals surface area (Å²) in [7, 11) is 3.86. The van der Waals surface area contributed by atoms with Crippen molar-refractivity contribution in [2.45, 2.75) is 44.8 Å². The molecule has 1 fully saturated rings. The number of halogens is 1. The number of aliphatic hydroxyl groups excluding tert-OH is 1. The van der Waals surface area contributed by atoms with Gasteiger partial charge in [-0.15, -0.1) is 12.4 Å². The summed E-state index contributed by atoms with van der Waals surface area (Å²) >= 11 is 0. The molecule has 138 valence electrons. The highest BCUT2D eigenvalue weighted by atomic mass is 35.5. The van der Waals surface area contributed by atoms with E-state index in [0.29, 0.717) is 22.9 Å². The first-order chi connectivity index (χ1) is 11.6. The van der Waals surface area contributed by atoms with Crippen LogP contribution in [-0.2, 0) is 0 Å². The molecule has 0 saturated heterocycles. The lowest BCUT2D eigenvalue weighted by molar-refractivity contribution is 0.171. The summed E-state index contributed by atoms with van der Waals surface area (Å²) in [6.45, 7) is 2.91. The minimum atomic E-state index is -0.338. The van der Waals surface area contributed by atoms with Gasteiger partial charge in [-0.1, -0.05) is 6.92 Å². The molecule has 1 saturated carbocycles. The third-order valence-corrected chi connectivity index (χ3v) is 4.17. The van der Waals surface area contributed by atoms with E-state index in [0.717, 1.165) is 38.0 Å². The number of nitrogens with one attached hydrogen (secondary N) is 2. The molecule has 3 N–H and O–H groups in total. The Bertz CT molecular complexity index is 712. The fourth-order valence-electron chi connectivity index (χ4n) is 2.89. The van der Waals surface area contributed by atoms with Gasteiger partial charge >= 0.3 is 0 Å². The first kappa shape index (κ1) is 19.4. The number of anilines is 3. The first-order valence-corrected chi connectivity index (χ1v) is 8.49. The van der Waals surface area contributed by atoms with Crippen LogP contribution in [0.1, 0.15) is 32.6 Å². The molecule has 0 radical (unpaired) electrons. The standard InChI is InChI=1S/C16H25N7O.ClH/c1-4-8-17-15-20-11-9-18-16(19-10-6-5-7-12(10)24)21-13(11)14(22-15)23(2)3;/h9-10,12,24H,4-8H2,1-3H3,(H,17,20,22)(H,18,19,21);1H/t10-,12-;/m1./s1. The van der Waals surface area contributed by atoms with Crippen LogP contribution in [0.15, 0.2) is 6.20 Å². The van der Waals surface area contributed by atoms with E-state index in [2.05, 4.69) is 37.5 Å². The van der Waals surface area contributed by atoms with E-state index < -0.39 is 0 Å². The minimum Gasteiger partial charge on any atom is -0.391 e. The molecule has 2 aromatic rings. The molecule has 2 atom stereocenters. The number of hydrogen-bond acceptors (Lipinski definition) is 8. The SMILES string of the molecule is CCCNc1nc(N(C)C)c2nc(N[C@@H]3CCC[C@H]3O)ncc2n1.Cl. The summed E-state index contributed by atoms with van der Waals surface area (Å²) in [4.78, 5) is 19.9. The molecule has 0 aromatic carbocycles. The van der Waals surface area contributed by atoms with E-state index in [1.54, 1.807) is 6.20 Å². The Morgan fingerprint density at radius 1 is 1.20 bits per heavy atom. The van der Waals surface area contributed by atoms with Crippen molar-refractivity contribution in [3.63, 3.8) is 0 Å². The normalized spacial score (nSPS) is 19.5. The monoisotopic (exact) mass is 367 g/mol. The maximum absolute atomic E-state index is 9.97. The Labute approximate surface area is 153 Å². The topological polar surface area (TPSA) is 99.1 Å². The molecule has 2 aromatic heterocycles. The summed E-state index contributed by atoms with van der Waals surface area (Å²) in [6, 6.07) is 0.0108. The van der Waals surface area contributed by atoms with Gasteiger partial charge in [0.2, 0.25) is 11.9 Å². The lowest BCUT2D eigenvalue weighted by atomic mass is 10.2. The van der Waals surface area contributed by atoms with Crippen molar-refractivity contribution in [2.75, 3.05) is 36.2 Å². The Hall–Kier alpha value is -1.93. The van der Waals surface area contributed by atoms with Gasteiger partial charge in [0.25, 0.3) is 0 Å². The third kappa shape index (κ3) is 4.38. The van der Waals surface area contributed by atoms with Gasteiger partial charge in [0, 0.05) is 20.6 Å². The van der Waals surface area contributed by atoms with Gasteiger partial charge in [-0.3, -0.25) is 0 Å². The highest BCUT2D eigenvalue weighted by molar-refractivity contribution is 5.86. The fraction of sp³-hybridized carbons (Fsp3) is 0.625. The summed E-state index contributed by atoms with van der Waals surface area (Å²) < 4.78 is 0. The van der Waals surface area contributed by atoms with Crippen LogP contribution >= 0.6 is 12.4 Å². The third-order valence-electron chi connectivity index (χ3n) is 4.17. The van der Waals surface area contributed by atoms with Crippen LogP contribution in [0.4, 0.5) is 17.7 Å². The number of rotatable bonds is 6. The molecule has 3 rings (SSSR count).